The van der Waals surface area contributed by atoms with Crippen LogP contribution in [0.5, 0.6) is 0 Å². The van der Waals surface area contributed by atoms with E-state index >= 15 is 0 Å². The quantitative estimate of drug-likeness (QED) is 0.705. The Balaban J connectivity index is 1.95. The molecule has 0 spiro atoms. The van der Waals surface area contributed by atoms with E-state index in [-0.39, 0.29) is 11.0 Å². The Morgan fingerprint density at radius 3 is 2.10 bits per heavy atom. The third kappa shape index (κ3) is 3.55. The van der Waals surface area contributed by atoms with Gasteiger partial charge in [0, 0.05) is 0 Å². The molecule has 1 atom stereocenters. The van der Waals surface area contributed by atoms with Crippen molar-refractivity contribution in [1.29, 1.82) is 5.26 Å². The van der Waals surface area contributed by atoms with Crippen LogP contribution < -0.4 is 0 Å². The Hall–Kier alpha value is -0.550. The van der Waals surface area contributed by atoms with E-state index in [4.69, 9.17) is 4.74 Å². The SMILES string of the molecule is CC1(C)CCC(CC2(C#N)CCC(C(C)(C)C)CC2)O1. The van der Waals surface area contributed by atoms with Crippen LogP contribution in [0.3, 0.4) is 0 Å². The first-order valence-electron chi connectivity index (χ1n) is 8.25. The van der Waals surface area contributed by atoms with Gasteiger partial charge in [0.2, 0.25) is 0 Å². The van der Waals surface area contributed by atoms with Gasteiger partial charge in [0.05, 0.1) is 23.2 Å². The van der Waals surface area contributed by atoms with Gasteiger partial charge in [0.15, 0.2) is 0 Å². The summed E-state index contributed by atoms with van der Waals surface area (Å²) in [6, 6.07) is 2.66. The molecule has 1 heterocycles. The maximum absolute atomic E-state index is 9.72. The third-order valence-electron chi connectivity index (χ3n) is 5.58. The summed E-state index contributed by atoms with van der Waals surface area (Å²) >= 11 is 0. The molecule has 0 amide bonds. The van der Waals surface area contributed by atoms with Crippen molar-refractivity contribution < 1.29 is 4.74 Å². The van der Waals surface area contributed by atoms with E-state index in [0.717, 1.165) is 38.0 Å². The Morgan fingerprint density at radius 2 is 1.70 bits per heavy atom. The summed E-state index contributed by atoms with van der Waals surface area (Å²) in [7, 11) is 0. The van der Waals surface area contributed by atoms with Crippen LogP contribution in [-0.4, -0.2) is 11.7 Å². The Morgan fingerprint density at radius 1 is 1.10 bits per heavy atom. The van der Waals surface area contributed by atoms with Crippen LogP contribution in [-0.2, 0) is 4.74 Å². The molecule has 114 valence electrons. The highest BCUT2D eigenvalue weighted by Crippen LogP contribution is 2.48. The summed E-state index contributed by atoms with van der Waals surface area (Å²) in [5.74, 6) is 0.768. The van der Waals surface area contributed by atoms with Gasteiger partial charge in [-0.05, 0) is 70.1 Å². The topological polar surface area (TPSA) is 33.0 Å². The molecule has 0 aromatic rings. The monoisotopic (exact) mass is 277 g/mol. The van der Waals surface area contributed by atoms with Crippen molar-refractivity contribution in [1.82, 2.24) is 0 Å². The molecule has 1 saturated heterocycles. The normalized spacial score (nSPS) is 37.6. The minimum Gasteiger partial charge on any atom is -0.372 e. The van der Waals surface area contributed by atoms with E-state index < -0.39 is 0 Å². The summed E-state index contributed by atoms with van der Waals surface area (Å²) < 4.78 is 6.12. The maximum Gasteiger partial charge on any atom is 0.0690 e. The molecular weight excluding hydrogens is 246 g/mol. The molecule has 20 heavy (non-hydrogen) atoms. The van der Waals surface area contributed by atoms with Crippen LogP contribution >= 0.6 is 0 Å². The second-order valence-corrected chi connectivity index (χ2v) is 8.77. The van der Waals surface area contributed by atoms with Crippen LogP contribution in [0.4, 0.5) is 0 Å². The summed E-state index contributed by atoms with van der Waals surface area (Å²) in [6.45, 7) is 11.3. The molecule has 0 bridgehead atoms. The molecule has 0 N–H and O–H groups in total. The molecule has 1 aliphatic heterocycles. The zero-order chi connectivity index (χ0) is 15.0. The van der Waals surface area contributed by atoms with Crippen LogP contribution in [0.15, 0.2) is 0 Å². The van der Waals surface area contributed by atoms with Crippen LogP contribution in [0.25, 0.3) is 0 Å². The molecule has 2 fully saturated rings. The highest BCUT2D eigenvalue weighted by Gasteiger charge is 2.43. The number of hydrogen-bond donors (Lipinski definition) is 0. The molecule has 2 aliphatic rings. The number of ether oxygens (including phenoxy) is 1. The number of hydrogen-bond acceptors (Lipinski definition) is 2. The van der Waals surface area contributed by atoms with Crippen molar-refractivity contribution in [3.8, 4) is 6.07 Å². The number of nitriles is 1. The van der Waals surface area contributed by atoms with Gasteiger partial charge in [0.1, 0.15) is 0 Å². The lowest BCUT2D eigenvalue weighted by atomic mass is 9.63. The van der Waals surface area contributed by atoms with Crippen molar-refractivity contribution in [2.45, 2.75) is 91.3 Å². The molecule has 0 aromatic heterocycles. The van der Waals surface area contributed by atoms with Gasteiger partial charge >= 0.3 is 0 Å². The Labute approximate surface area is 124 Å². The zero-order valence-corrected chi connectivity index (χ0v) is 14.0. The fourth-order valence-electron chi connectivity index (χ4n) is 4.06. The fourth-order valence-corrected chi connectivity index (χ4v) is 4.06. The Kier molecular flexibility index (Phi) is 4.22. The first kappa shape index (κ1) is 15.8. The van der Waals surface area contributed by atoms with E-state index in [1.165, 1.54) is 12.8 Å². The first-order chi connectivity index (χ1) is 9.16. The highest BCUT2D eigenvalue weighted by molar-refractivity contribution is 5.04. The molecule has 1 aliphatic carbocycles. The lowest BCUT2D eigenvalue weighted by molar-refractivity contribution is -0.0366. The number of nitrogens with zero attached hydrogens (tertiary/aromatic N) is 1. The Bertz CT molecular complexity index is 377. The summed E-state index contributed by atoms with van der Waals surface area (Å²) in [5, 5.41) is 9.72. The minimum atomic E-state index is -0.118. The van der Waals surface area contributed by atoms with Gasteiger partial charge in [-0.15, -0.1) is 0 Å². The van der Waals surface area contributed by atoms with Crippen molar-refractivity contribution in [2.75, 3.05) is 0 Å². The van der Waals surface area contributed by atoms with Gasteiger partial charge in [-0.2, -0.15) is 5.26 Å². The highest BCUT2D eigenvalue weighted by atomic mass is 16.5. The maximum atomic E-state index is 9.72. The average molecular weight is 277 g/mol. The van der Waals surface area contributed by atoms with Crippen molar-refractivity contribution >= 4 is 0 Å². The van der Waals surface area contributed by atoms with E-state index in [1.54, 1.807) is 0 Å². The van der Waals surface area contributed by atoms with E-state index in [1.807, 2.05) is 0 Å². The van der Waals surface area contributed by atoms with E-state index in [9.17, 15) is 5.26 Å². The molecule has 2 nitrogen and oxygen atoms in total. The summed E-state index contributed by atoms with van der Waals surface area (Å²) in [6.07, 6.45) is 8.03. The van der Waals surface area contributed by atoms with Crippen molar-refractivity contribution in [3.05, 3.63) is 0 Å². The molecule has 1 unspecified atom stereocenters. The lowest BCUT2D eigenvalue weighted by Gasteiger charge is -2.41. The molecule has 1 saturated carbocycles. The smallest absolute Gasteiger partial charge is 0.0690 e. The second-order valence-electron chi connectivity index (χ2n) is 8.77. The standard InChI is InChI=1S/C18H31NO/c1-16(2,3)14-6-10-18(13-19,11-7-14)12-15-8-9-17(4,5)20-15/h14-15H,6-12H2,1-5H3. The van der Waals surface area contributed by atoms with Gasteiger partial charge in [-0.3, -0.25) is 0 Å². The first-order valence-corrected chi connectivity index (χ1v) is 8.25. The number of rotatable bonds is 2. The summed E-state index contributed by atoms with van der Waals surface area (Å²) in [5.41, 5.74) is 0.282. The minimum absolute atomic E-state index is 0.0178. The van der Waals surface area contributed by atoms with Gasteiger partial charge in [0.25, 0.3) is 0 Å². The molecular formula is C18H31NO. The van der Waals surface area contributed by atoms with Gasteiger partial charge in [-0.1, -0.05) is 20.8 Å². The average Bonchev–Trinajstić information content (AvgIpc) is 2.68. The predicted molar refractivity (Wildman–Crippen MR) is 82.3 cm³/mol. The molecule has 2 heteroatoms. The van der Waals surface area contributed by atoms with Crippen LogP contribution in [0.1, 0.15) is 79.6 Å². The van der Waals surface area contributed by atoms with Crippen molar-refractivity contribution in [2.24, 2.45) is 16.7 Å². The van der Waals surface area contributed by atoms with E-state index in [0.29, 0.717) is 11.5 Å². The summed E-state index contributed by atoms with van der Waals surface area (Å²) in [4.78, 5) is 0. The van der Waals surface area contributed by atoms with Crippen LogP contribution in [0.2, 0.25) is 0 Å². The second kappa shape index (κ2) is 5.34. The third-order valence-corrected chi connectivity index (χ3v) is 5.58. The molecule has 0 radical (unpaired) electrons. The molecule has 2 rings (SSSR count). The lowest BCUT2D eigenvalue weighted by Crippen LogP contribution is -2.34. The largest absolute Gasteiger partial charge is 0.372 e. The van der Waals surface area contributed by atoms with Crippen molar-refractivity contribution in [3.63, 3.8) is 0 Å². The molecule has 0 aromatic carbocycles. The predicted octanol–water partition coefficient (Wildman–Crippen LogP) is 5.08. The van der Waals surface area contributed by atoms with E-state index in [2.05, 4.69) is 40.7 Å². The fraction of sp³-hybridized carbons (Fsp3) is 0.944. The van der Waals surface area contributed by atoms with Gasteiger partial charge in [-0.25, -0.2) is 0 Å². The van der Waals surface area contributed by atoms with Gasteiger partial charge < -0.3 is 4.74 Å². The zero-order valence-electron chi connectivity index (χ0n) is 14.0. The van der Waals surface area contributed by atoms with Crippen LogP contribution in [0, 0.1) is 28.1 Å².